The lowest BCUT2D eigenvalue weighted by Crippen LogP contribution is -1.67. The molecule has 1 heteroatoms. The van der Waals surface area contributed by atoms with Crippen LogP contribution in [0.5, 0.6) is 0 Å². The molecular formula is C4H11N. The van der Waals surface area contributed by atoms with E-state index < -0.39 is 0 Å². The van der Waals surface area contributed by atoms with Crippen LogP contribution in [0.25, 0.3) is 0 Å². The average molecular weight is 73.1 g/mol. The summed E-state index contributed by atoms with van der Waals surface area (Å²) in [6.45, 7) is 3.50. The zero-order valence-corrected chi connectivity index (χ0v) is 3.00. The average Bonchev–Trinajstić information content (AvgIpc) is 0.811. The van der Waals surface area contributed by atoms with Crippen molar-refractivity contribution in [3.63, 3.8) is 0 Å². The fourth-order valence-corrected chi connectivity index (χ4v) is 0. The lowest BCUT2D eigenvalue weighted by Gasteiger charge is -1.63. The molecule has 0 amide bonds. The Hall–Kier alpha value is -0.330. The second-order valence-electron chi connectivity index (χ2n) is 1.00. The van der Waals surface area contributed by atoms with E-state index in [0.717, 1.165) is 0 Å². The van der Waals surface area contributed by atoms with Crippen molar-refractivity contribution in [3.8, 4) is 0 Å². The minimum atomic E-state index is 0. The molecule has 0 spiro atoms. The maximum absolute atomic E-state index is 6.50. The van der Waals surface area contributed by atoms with Crippen molar-refractivity contribution in [2.45, 2.75) is 21.3 Å². The predicted octanol–water partition coefficient (Wildman–Crippen LogP) is 1.68. The van der Waals surface area contributed by atoms with E-state index in [4.69, 9.17) is 5.41 Å². The fraction of sp³-hybridized carbons (Fsp3) is 0.750. The van der Waals surface area contributed by atoms with Gasteiger partial charge in [0.2, 0.25) is 0 Å². The maximum atomic E-state index is 6.50. The summed E-state index contributed by atoms with van der Waals surface area (Å²) in [6, 6.07) is 0. The van der Waals surface area contributed by atoms with Crippen LogP contribution < -0.4 is 0 Å². The topological polar surface area (TPSA) is 23.9 Å². The van der Waals surface area contributed by atoms with Crippen molar-refractivity contribution < 1.29 is 0 Å². The first-order chi connectivity index (χ1) is 1.73. The lowest BCUT2D eigenvalue weighted by atomic mass is 10.5. The third kappa shape index (κ3) is 94.0. The van der Waals surface area contributed by atoms with Crippen molar-refractivity contribution in [3.05, 3.63) is 0 Å². The van der Waals surface area contributed by atoms with Crippen LogP contribution in [0.3, 0.4) is 0 Å². The van der Waals surface area contributed by atoms with E-state index in [2.05, 4.69) is 0 Å². The molecule has 1 N–H and O–H groups in total. The normalized spacial score (nSPS) is 5.20. The van der Waals surface area contributed by atoms with Crippen LogP contribution in [0, 0.1) is 5.41 Å². The molecular weight excluding hydrogens is 62.1 g/mol. The SMILES string of the molecule is C.CC(C)=N. The van der Waals surface area contributed by atoms with E-state index >= 15 is 0 Å². The van der Waals surface area contributed by atoms with E-state index in [-0.39, 0.29) is 7.43 Å². The Kier molecular flexibility index (Phi) is 6.48. The molecule has 5 heavy (non-hydrogen) atoms. The lowest BCUT2D eigenvalue weighted by molar-refractivity contribution is 1.45. The van der Waals surface area contributed by atoms with Crippen molar-refractivity contribution >= 4 is 5.71 Å². The molecule has 0 saturated heterocycles. The van der Waals surface area contributed by atoms with Gasteiger partial charge in [0.05, 0.1) is 0 Å². The molecule has 0 aromatic heterocycles. The van der Waals surface area contributed by atoms with Gasteiger partial charge in [-0.3, -0.25) is 0 Å². The summed E-state index contributed by atoms with van der Waals surface area (Å²) in [4.78, 5) is 0. The van der Waals surface area contributed by atoms with Crippen LogP contribution in [-0.4, -0.2) is 5.71 Å². The van der Waals surface area contributed by atoms with E-state index in [1.807, 2.05) is 0 Å². The third-order valence-electron chi connectivity index (χ3n) is 0. The third-order valence-corrected chi connectivity index (χ3v) is 0. The maximum Gasteiger partial charge on any atom is 0.00272 e. The molecule has 0 fully saturated rings. The van der Waals surface area contributed by atoms with Crippen molar-refractivity contribution in [2.24, 2.45) is 0 Å². The van der Waals surface area contributed by atoms with Gasteiger partial charge >= 0.3 is 0 Å². The molecule has 0 radical (unpaired) electrons. The van der Waals surface area contributed by atoms with Gasteiger partial charge < -0.3 is 5.41 Å². The molecule has 0 aromatic rings. The van der Waals surface area contributed by atoms with Gasteiger partial charge in [0, 0.05) is 5.71 Å². The Bertz CT molecular complexity index is 26.6. The molecule has 0 aliphatic rings. The Morgan fingerprint density at radius 2 is 1.40 bits per heavy atom. The summed E-state index contributed by atoms with van der Waals surface area (Å²) < 4.78 is 0. The Labute approximate surface area is 33.5 Å². The molecule has 0 bridgehead atoms. The summed E-state index contributed by atoms with van der Waals surface area (Å²) in [5.41, 5.74) is 0.667. The van der Waals surface area contributed by atoms with E-state index in [1.54, 1.807) is 13.8 Å². The van der Waals surface area contributed by atoms with Crippen LogP contribution in [0.1, 0.15) is 21.3 Å². The monoisotopic (exact) mass is 73.1 g/mol. The van der Waals surface area contributed by atoms with Gasteiger partial charge in [0.25, 0.3) is 0 Å². The van der Waals surface area contributed by atoms with Crippen LogP contribution in [0.15, 0.2) is 0 Å². The zero-order valence-electron chi connectivity index (χ0n) is 3.00. The molecule has 0 aliphatic heterocycles. The predicted molar refractivity (Wildman–Crippen MR) is 25.8 cm³/mol. The van der Waals surface area contributed by atoms with Crippen molar-refractivity contribution in [2.75, 3.05) is 0 Å². The van der Waals surface area contributed by atoms with Gasteiger partial charge in [-0.15, -0.1) is 0 Å². The number of nitrogens with one attached hydrogen (secondary N) is 1. The minimum Gasteiger partial charge on any atom is -0.310 e. The highest BCUT2D eigenvalue weighted by atomic mass is 14.3. The van der Waals surface area contributed by atoms with E-state index in [0.29, 0.717) is 5.71 Å². The van der Waals surface area contributed by atoms with Crippen molar-refractivity contribution in [1.29, 1.82) is 5.41 Å². The zero-order chi connectivity index (χ0) is 3.58. The number of hydrogen-bond acceptors (Lipinski definition) is 1. The number of hydrogen-bond donors (Lipinski definition) is 1. The summed E-state index contributed by atoms with van der Waals surface area (Å²) in [5.74, 6) is 0. The molecule has 1 nitrogen and oxygen atoms in total. The van der Waals surface area contributed by atoms with Crippen LogP contribution in [0.4, 0.5) is 0 Å². The summed E-state index contributed by atoms with van der Waals surface area (Å²) in [6.07, 6.45) is 0. The van der Waals surface area contributed by atoms with Crippen LogP contribution in [0.2, 0.25) is 0 Å². The summed E-state index contributed by atoms with van der Waals surface area (Å²) >= 11 is 0. The molecule has 0 aliphatic carbocycles. The first-order valence-corrected chi connectivity index (χ1v) is 1.25. The minimum absolute atomic E-state index is 0. The van der Waals surface area contributed by atoms with Crippen LogP contribution in [-0.2, 0) is 0 Å². The number of rotatable bonds is 0. The second-order valence-corrected chi connectivity index (χ2v) is 1.00. The second kappa shape index (κ2) is 3.67. The van der Waals surface area contributed by atoms with Crippen LogP contribution >= 0.6 is 0 Å². The van der Waals surface area contributed by atoms with E-state index in [9.17, 15) is 0 Å². The largest absolute Gasteiger partial charge is 0.310 e. The van der Waals surface area contributed by atoms with Gasteiger partial charge in [0.15, 0.2) is 0 Å². The Morgan fingerprint density at radius 1 is 1.40 bits per heavy atom. The Balaban J connectivity index is 0. The highest BCUT2D eigenvalue weighted by molar-refractivity contribution is 5.75. The molecule has 0 heterocycles. The van der Waals surface area contributed by atoms with Gasteiger partial charge in [-0.25, -0.2) is 0 Å². The highest BCUT2D eigenvalue weighted by Gasteiger charge is 1.55. The quantitative estimate of drug-likeness (QED) is 0.422. The van der Waals surface area contributed by atoms with Crippen molar-refractivity contribution in [1.82, 2.24) is 0 Å². The highest BCUT2D eigenvalue weighted by Crippen LogP contribution is 1.52. The fourth-order valence-electron chi connectivity index (χ4n) is 0. The van der Waals surface area contributed by atoms with Gasteiger partial charge in [-0.1, -0.05) is 7.43 Å². The summed E-state index contributed by atoms with van der Waals surface area (Å²) in [5, 5.41) is 6.50. The van der Waals surface area contributed by atoms with Gasteiger partial charge in [-0.05, 0) is 13.8 Å². The smallest absolute Gasteiger partial charge is 0.00272 e. The molecule has 0 atom stereocenters. The molecule has 0 saturated carbocycles. The molecule has 0 unspecified atom stereocenters. The first-order valence-electron chi connectivity index (χ1n) is 1.25. The summed E-state index contributed by atoms with van der Waals surface area (Å²) in [7, 11) is 0. The van der Waals surface area contributed by atoms with Gasteiger partial charge in [-0.2, -0.15) is 0 Å². The standard InChI is InChI=1S/C3H7N.CH4/c1-3(2)4;/h4H,1-2H3;1H4. The molecule has 0 rings (SSSR count). The molecule has 0 aromatic carbocycles. The Morgan fingerprint density at radius 3 is 1.40 bits per heavy atom. The first kappa shape index (κ1) is 8.82. The van der Waals surface area contributed by atoms with Gasteiger partial charge in [0.1, 0.15) is 0 Å². The molecule has 32 valence electrons. The van der Waals surface area contributed by atoms with E-state index in [1.165, 1.54) is 0 Å².